The van der Waals surface area contributed by atoms with Gasteiger partial charge in [0.05, 0.1) is 29.8 Å². The number of fused-ring (bicyclic) bond motifs is 1. The Morgan fingerprint density at radius 3 is 2.79 bits per heavy atom. The van der Waals surface area contributed by atoms with Crippen molar-refractivity contribution in [1.29, 1.82) is 5.26 Å². The first-order valence-electron chi connectivity index (χ1n) is 10.6. The number of amides is 1. The molecular weight excluding hydrogens is 444 g/mol. The summed E-state index contributed by atoms with van der Waals surface area (Å²) in [6, 6.07) is 12.4. The van der Waals surface area contributed by atoms with E-state index in [0.717, 1.165) is 24.0 Å². The predicted molar refractivity (Wildman–Crippen MR) is 126 cm³/mol. The summed E-state index contributed by atoms with van der Waals surface area (Å²) in [5, 5.41) is 13.5. The number of H-pyrrole nitrogens is 1. The van der Waals surface area contributed by atoms with Gasteiger partial charge in [-0.15, -0.1) is 0 Å². The average Bonchev–Trinajstić information content (AvgIpc) is 3.22. The molecule has 2 N–H and O–H groups in total. The maximum atomic E-state index is 12.6. The molecule has 0 saturated carbocycles. The third-order valence-corrected chi connectivity index (χ3v) is 5.86. The second-order valence-corrected chi connectivity index (χ2v) is 8.11. The number of carbonyl (C=O) groups is 1. The highest BCUT2D eigenvalue weighted by atomic mass is 35.5. The van der Waals surface area contributed by atoms with Gasteiger partial charge in [0.1, 0.15) is 24.2 Å². The van der Waals surface area contributed by atoms with Gasteiger partial charge in [-0.3, -0.25) is 9.59 Å². The fraction of sp³-hybridized carbons (Fsp3) is 0.292. The van der Waals surface area contributed by atoms with Gasteiger partial charge in [-0.1, -0.05) is 11.6 Å². The largest absolute Gasteiger partial charge is 0.495 e. The molecule has 170 valence electrons. The van der Waals surface area contributed by atoms with Crippen LogP contribution in [0.25, 0.3) is 10.9 Å². The van der Waals surface area contributed by atoms with Crippen LogP contribution < -0.4 is 20.3 Å². The molecule has 1 fully saturated rings. The normalized spacial score (nSPS) is 13.2. The first kappa shape index (κ1) is 22.5. The highest BCUT2D eigenvalue weighted by molar-refractivity contribution is 6.32. The number of anilines is 1. The highest BCUT2D eigenvalue weighted by Crippen LogP contribution is 2.29. The van der Waals surface area contributed by atoms with Crippen molar-refractivity contribution in [1.82, 2.24) is 9.88 Å². The van der Waals surface area contributed by atoms with E-state index in [1.54, 1.807) is 41.3 Å². The number of rotatable bonds is 8. The van der Waals surface area contributed by atoms with E-state index < -0.39 is 0 Å². The molecule has 1 aliphatic rings. The van der Waals surface area contributed by atoms with Gasteiger partial charge >= 0.3 is 0 Å². The van der Waals surface area contributed by atoms with E-state index in [2.05, 4.69) is 16.4 Å². The number of benzene rings is 2. The summed E-state index contributed by atoms with van der Waals surface area (Å²) in [5.41, 5.74) is 2.07. The zero-order valence-corrected chi connectivity index (χ0v) is 18.9. The monoisotopic (exact) mass is 466 g/mol. The van der Waals surface area contributed by atoms with Crippen LogP contribution in [0.2, 0.25) is 5.02 Å². The molecule has 2 aromatic carbocycles. The summed E-state index contributed by atoms with van der Waals surface area (Å²) >= 11 is 6.40. The van der Waals surface area contributed by atoms with Crippen molar-refractivity contribution in [3.8, 4) is 17.6 Å². The van der Waals surface area contributed by atoms with E-state index >= 15 is 0 Å². The Bertz CT molecular complexity index is 1300. The van der Waals surface area contributed by atoms with Crippen molar-refractivity contribution in [2.75, 3.05) is 32.1 Å². The van der Waals surface area contributed by atoms with E-state index in [1.165, 1.54) is 7.11 Å². The average molecular weight is 467 g/mol. The third-order valence-electron chi connectivity index (χ3n) is 5.57. The van der Waals surface area contributed by atoms with Crippen LogP contribution in [0.1, 0.15) is 24.0 Å². The minimum absolute atomic E-state index is 0.146. The minimum Gasteiger partial charge on any atom is -0.495 e. The van der Waals surface area contributed by atoms with Crippen LogP contribution in [0.5, 0.6) is 11.5 Å². The van der Waals surface area contributed by atoms with Crippen LogP contribution >= 0.6 is 11.6 Å². The van der Waals surface area contributed by atoms with Gasteiger partial charge < -0.3 is 24.7 Å². The number of nitriles is 1. The summed E-state index contributed by atoms with van der Waals surface area (Å²) < 4.78 is 11.0. The maximum absolute atomic E-state index is 12.6. The van der Waals surface area contributed by atoms with Gasteiger partial charge in [0.2, 0.25) is 5.91 Å². The number of nitrogens with one attached hydrogen (secondary N) is 2. The molecule has 0 unspecified atom stereocenters. The number of hydrogen-bond donors (Lipinski definition) is 2. The summed E-state index contributed by atoms with van der Waals surface area (Å²) in [7, 11) is 1.50. The van der Waals surface area contributed by atoms with Gasteiger partial charge in [-0.05, 0) is 30.7 Å². The topological polar surface area (TPSA) is 107 Å². The lowest BCUT2D eigenvalue weighted by Crippen LogP contribution is -2.29. The fourth-order valence-electron chi connectivity index (χ4n) is 3.79. The molecule has 0 radical (unpaired) electrons. The van der Waals surface area contributed by atoms with Gasteiger partial charge in [-0.25, -0.2) is 0 Å². The molecule has 3 aromatic rings. The molecule has 1 amide bonds. The molecule has 0 atom stereocenters. The lowest BCUT2D eigenvalue weighted by Gasteiger charge is -2.16. The molecular formula is C24H23ClN4O4. The van der Waals surface area contributed by atoms with E-state index in [-0.39, 0.29) is 18.0 Å². The van der Waals surface area contributed by atoms with E-state index in [1.807, 2.05) is 0 Å². The second kappa shape index (κ2) is 9.84. The second-order valence-electron chi connectivity index (χ2n) is 7.71. The fourth-order valence-corrected chi connectivity index (χ4v) is 4.02. The molecule has 2 heterocycles. The Kier molecular flexibility index (Phi) is 6.71. The van der Waals surface area contributed by atoms with Crippen molar-refractivity contribution in [2.24, 2.45) is 0 Å². The standard InChI is InChI=1S/C24H23ClN4O4/c1-32-21-11-18(5-4-15(21)13-26)27-14-17-9-16-10-19(25)22(12-20(16)28-24(17)31)33-8-7-29-6-2-3-23(29)30/h4-5,9-12,27H,2-3,6-8,14H2,1H3,(H,28,31). The van der Waals surface area contributed by atoms with Gasteiger partial charge in [0.15, 0.2) is 0 Å². The molecule has 1 saturated heterocycles. The number of likely N-dealkylation sites (tertiary alicyclic amines) is 1. The lowest BCUT2D eigenvalue weighted by atomic mass is 10.1. The van der Waals surface area contributed by atoms with Crippen molar-refractivity contribution < 1.29 is 14.3 Å². The van der Waals surface area contributed by atoms with Crippen LogP contribution in [-0.4, -0.2) is 42.6 Å². The number of methoxy groups -OCH3 is 1. The molecule has 9 heteroatoms. The Labute approximate surface area is 195 Å². The van der Waals surface area contributed by atoms with Crippen LogP contribution in [-0.2, 0) is 11.3 Å². The highest BCUT2D eigenvalue weighted by Gasteiger charge is 2.19. The Morgan fingerprint density at radius 1 is 1.21 bits per heavy atom. The van der Waals surface area contributed by atoms with Crippen molar-refractivity contribution in [3.05, 3.63) is 62.9 Å². The molecule has 1 aromatic heterocycles. The molecule has 0 aliphatic carbocycles. The summed E-state index contributed by atoms with van der Waals surface area (Å²) in [5.74, 6) is 1.07. The summed E-state index contributed by atoms with van der Waals surface area (Å²) in [6.07, 6.45) is 1.47. The number of pyridine rings is 1. The first-order chi connectivity index (χ1) is 16.0. The number of hydrogen-bond acceptors (Lipinski definition) is 6. The summed E-state index contributed by atoms with van der Waals surface area (Å²) in [6.45, 7) is 1.87. The zero-order valence-electron chi connectivity index (χ0n) is 18.1. The molecule has 33 heavy (non-hydrogen) atoms. The van der Waals surface area contributed by atoms with Crippen molar-refractivity contribution in [2.45, 2.75) is 19.4 Å². The van der Waals surface area contributed by atoms with Crippen LogP contribution in [0.3, 0.4) is 0 Å². The van der Waals surface area contributed by atoms with Gasteiger partial charge in [0, 0.05) is 48.3 Å². The quantitative estimate of drug-likeness (QED) is 0.524. The summed E-state index contributed by atoms with van der Waals surface area (Å²) in [4.78, 5) is 29.0. The lowest BCUT2D eigenvalue weighted by molar-refractivity contribution is -0.128. The smallest absolute Gasteiger partial charge is 0.253 e. The van der Waals surface area contributed by atoms with Crippen molar-refractivity contribution in [3.63, 3.8) is 0 Å². The minimum atomic E-state index is -0.230. The van der Waals surface area contributed by atoms with E-state index in [0.29, 0.717) is 52.7 Å². The Morgan fingerprint density at radius 2 is 2.06 bits per heavy atom. The zero-order chi connectivity index (χ0) is 23.4. The van der Waals surface area contributed by atoms with E-state index in [9.17, 15) is 9.59 Å². The third kappa shape index (κ3) is 5.04. The maximum Gasteiger partial charge on any atom is 0.253 e. The molecule has 1 aliphatic heterocycles. The van der Waals surface area contributed by atoms with Crippen LogP contribution in [0, 0.1) is 11.3 Å². The molecule has 4 rings (SSSR count). The van der Waals surface area contributed by atoms with E-state index in [4.69, 9.17) is 26.3 Å². The molecule has 8 nitrogen and oxygen atoms in total. The SMILES string of the molecule is COc1cc(NCc2cc3cc(Cl)c(OCCN4CCCC4=O)cc3[nH]c2=O)ccc1C#N. The first-order valence-corrected chi connectivity index (χ1v) is 10.9. The number of carbonyl (C=O) groups excluding carboxylic acids is 1. The Hall–Kier alpha value is -3.70. The number of nitrogens with zero attached hydrogens (tertiary/aromatic N) is 2. The molecule has 0 spiro atoms. The van der Waals surface area contributed by atoms with Crippen LogP contribution in [0.15, 0.2) is 41.2 Å². The Balaban J connectivity index is 1.47. The predicted octanol–water partition coefficient (Wildman–Crippen LogP) is 3.68. The van der Waals surface area contributed by atoms with Gasteiger partial charge in [-0.2, -0.15) is 5.26 Å². The number of aromatic amines is 1. The van der Waals surface area contributed by atoms with Crippen LogP contribution in [0.4, 0.5) is 5.69 Å². The molecule has 0 bridgehead atoms. The number of ether oxygens (including phenoxy) is 2. The van der Waals surface area contributed by atoms with Gasteiger partial charge in [0.25, 0.3) is 5.56 Å². The number of halogens is 1. The number of aromatic nitrogens is 1. The van der Waals surface area contributed by atoms with Crippen molar-refractivity contribution >= 4 is 34.1 Å².